The van der Waals surface area contributed by atoms with Gasteiger partial charge in [0.2, 0.25) is 5.91 Å². The number of aromatic amines is 1. The van der Waals surface area contributed by atoms with Gasteiger partial charge < -0.3 is 19.9 Å². The largest absolute Gasteiger partial charge is 0.453 e. The summed E-state index contributed by atoms with van der Waals surface area (Å²) in [4.78, 5) is 47.6. The minimum atomic E-state index is -0.657. The molecule has 1 saturated carbocycles. The normalized spacial score (nSPS) is 21.9. The molecule has 1 aromatic heterocycles. The van der Waals surface area contributed by atoms with Crippen molar-refractivity contribution in [1.82, 2.24) is 20.2 Å². The highest BCUT2D eigenvalue weighted by Crippen LogP contribution is 2.50. The van der Waals surface area contributed by atoms with Crippen molar-refractivity contribution >= 4 is 23.9 Å². The van der Waals surface area contributed by atoms with Crippen LogP contribution in [0.1, 0.15) is 56.1 Å². The number of amides is 2. The van der Waals surface area contributed by atoms with E-state index >= 15 is 0 Å². The van der Waals surface area contributed by atoms with Gasteiger partial charge in [-0.05, 0) is 71.1 Å². The predicted molar refractivity (Wildman–Crippen MR) is 152 cm³/mol. The molecule has 3 aromatic rings. The first-order chi connectivity index (χ1) is 19.3. The molecule has 2 N–H and O–H groups in total. The Kier molecular flexibility index (Phi) is 6.78. The first kappa shape index (κ1) is 26.0. The van der Waals surface area contributed by atoms with Crippen LogP contribution in [0, 0.1) is 11.8 Å². The van der Waals surface area contributed by atoms with Gasteiger partial charge in [0.1, 0.15) is 11.9 Å². The quantitative estimate of drug-likeness (QED) is 0.442. The number of carbonyl (C=O) groups is 3. The van der Waals surface area contributed by atoms with Crippen LogP contribution in [0.3, 0.4) is 0 Å². The highest BCUT2D eigenvalue weighted by Gasteiger charge is 2.51. The number of fused-ring (bicyclic) bond motifs is 3. The van der Waals surface area contributed by atoms with Gasteiger partial charge in [0, 0.05) is 12.5 Å². The van der Waals surface area contributed by atoms with Crippen LogP contribution < -0.4 is 5.32 Å². The van der Waals surface area contributed by atoms with Crippen LogP contribution in [-0.2, 0) is 20.7 Å². The smallest absolute Gasteiger partial charge is 0.407 e. The number of hydrogen-bond acceptors (Lipinski definition) is 5. The molecule has 2 fully saturated rings. The number of benzene rings is 2. The second kappa shape index (κ2) is 10.4. The molecule has 2 heterocycles. The highest BCUT2D eigenvalue weighted by molar-refractivity contribution is 5.98. The van der Waals surface area contributed by atoms with Crippen LogP contribution in [0.2, 0.25) is 0 Å². The molecule has 2 aromatic carbocycles. The number of ether oxygens (including phenoxy) is 1. The van der Waals surface area contributed by atoms with Crippen molar-refractivity contribution in [3.05, 3.63) is 71.7 Å². The molecule has 1 saturated heterocycles. The van der Waals surface area contributed by atoms with Crippen molar-refractivity contribution < 1.29 is 19.1 Å². The highest BCUT2D eigenvalue weighted by atomic mass is 16.5. The van der Waals surface area contributed by atoms with E-state index in [-0.39, 0.29) is 29.7 Å². The summed E-state index contributed by atoms with van der Waals surface area (Å²) >= 11 is 0. The second-order valence-corrected chi connectivity index (χ2v) is 11.4. The van der Waals surface area contributed by atoms with Crippen LogP contribution in [0.4, 0.5) is 4.79 Å². The summed E-state index contributed by atoms with van der Waals surface area (Å²) in [5, 5.41) is 2.74. The third-order valence-corrected chi connectivity index (χ3v) is 8.60. The number of nitrogens with one attached hydrogen (secondary N) is 2. The van der Waals surface area contributed by atoms with Gasteiger partial charge in [0.25, 0.3) is 0 Å². The van der Waals surface area contributed by atoms with Crippen molar-refractivity contribution in [2.75, 3.05) is 7.11 Å². The van der Waals surface area contributed by atoms with Gasteiger partial charge in [-0.2, -0.15) is 0 Å². The molecule has 0 unspecified atom stereocenters. The summed E-state index contributed by atoms with van der Waals surface area (Å²) in [5.41, 5.74) is 6.26. The molecule has 4 atom stereocenters. The number of aromatic nitrogens is 2. The Bertz CT molecular complexity index is 1490. The molecule has 0 radical (unpaired) electrons. The Morgan fingerprint density at radius 2 is 1.80 bits per heavy atom. The number of carbonyl (C=O) groups excluding carboxylic acids is 3. The first-order valence-corrected chi connectivity index (χ1v) is 14.0. The predicted octanol–water partition coefficient (Wildman–Crippen LogP) is 5.31. The number of piperidine rings is 1. The van der Waals surface area contributed by atoms with Gasteiger partial charge in [-0.25, -0.2) is 9.78 Å². The number of alkyl carbamates (subject to hydrolysis) is 1. The van der Waals surface area contributed by atoms with E-state index in [9.17, 15) is 14.4 Å². The number of likely N-dealkylation sites (tertiary alicyclic amines) is 1. The van der Waals surface area contributed by atoms with Crippen molar-refractivity contribution in [3.63, 3.8) is 0 Å². The van der Waals surface area contributed by atoms with E-state index in [0.717, 1.165) is 58.6 Å². The number of nitrogens with zero attached hydrogens (tertiary/aromatic N) is 2. The van der Waals surface area contributed by atoms with E-state index in [4.69, 9.17) is 9.72 Å². The fourth-order valence-electron chi connectivity index (χ4n) is 6.51. The molecule has 1 aliphatic heterocycles. The number of H-pyrrole nitrogens is 1. The standard InChI is InChI=1S/C32H34N4O4/c1-18(2)28(35-32(39)40-3)31(38)36-25-12-10-24(15-25)29(36)30-33-17-27(34-30)20-6-4-19(5-7-20)21-8-9-23-16-26(37)13-11-22(23)14-21/h4-9,11,13-14,17-18,24-25,28-29H,10,12,15-16H2,1-3H3,(H,33,34)(H,35,39)/t24-,25+,28-,29-/m0/s1. The monoisotopic (exact) mass is 538 g/mol. The van der Waals surface area contributed by atoms with Crippen molar-refractivity contribution in [3.8, 4) is 22.4 Å². The van der Waals surface area contributed by atoms with Crippen LogP contribution in [0.25, 0.3) is 28.5 Å². The average Bonchev–Trinajstić information content (AvgIpc) is 3.72. The lowest BCUT2D eigenvalue weighted by atomic mass is 9.92. The molecule has 6 rings (SSSR count). The third kappa shape index (κ3) is 4.72. The summed E-state index contributed by atoms with van der Waals surface area (Å²) < 4.78 is 4.78. The van der Waals surface area contributed by atoms with E-state index < -0.39 is 12.1 Å². The van der Waals surface area contributed by atoms with Gasteiger partial charge in [-0.1, -0.05) is 56.3 Å². The van der Waals surface area contributed by atoms with E-state index in [0.29, 0.717) is 12.3 Å². The summed E-state index contributed by atoms with van der Waals surface area (Å²) in [6.07, 6.45) is 8.22. The topological polar surface area (TPSA) is 104 Å². The Morgan fingerprint density at radius 1 is 1.05 bits per heavy atom. The molecule has 8 heteroatoms. The number of methoxy groups -OCH3 is 1. The van der Waals surface area contributed by atoms with Gasteiger partial charge in [-0.15, -0.1) is 0 Å². The number of imidazole rings is 1. The number of hydrogen-bond donors (Lipinski definition) is 2. The summed E-state index contributed by atoms with van der Waals surface area (Å²) in [6.45, 7) is 3.86. The van der Waals surface area contributed by atoms with Crippen LogP contribution >= 0.6 is 0 Å². The molecule has 206 valence electrons. The number of rotatable bonds is 6. The maximum atomic E-state index is 13.8. The van der Waals surface area contributed by atoms with Gasteiger partial charge in [0.05, 0.1) is 25.0 Å². The average molecular weight is 539 g/mol. The minimum Gasteiger partial charge on any atom is -0.453 e. The number of allylic oxidation sites excluding steroid dienone is 1. The van der Waals surface area contributed by atoms with Crippen LogP contribution in [0.15, 0.2) is 54.7 Å². The zero-order valence-electron chi connectivity index (χ0n) is 23.0. The molecular formula is C32H34N4O4. The molecule has 2 bridgehead atoms. The lowest BCUT2D eigenvalue weighted by Gasteiger charge is -2.37. The molecule has 0 spiro atoms. The maximum absolute atomic E-state index is 13.8. The molecule has 40 heavy (non-hydrogen) atoms. The zero-order valence-corrected chi connectivity index (χ0v) is 23.0. The van der Waals surface area contributed by atoms with E-state index in [1.54, 1.807) is 6.08 Å². The summed E-state index contributed by atoms with van der Waals surface area (Å²) in [7, 11) is 1.31. The minimum absolute atomic E-state index is 0.0781. The fraction of sp³-hybridized carbons (Fsp3) is 0.375. The van der Waals surface area contributed by atoms with E-state index in [1.807, 2.05) is 37.1 Å². The van der Waals surface area contributed by atoms with Crippen molar-refractivity contribution in [2.45, 2.75) is 57.7 Å². The second-order valence-electron chi connectivity index (χ2n) is 11.4. The lowest BCUT2D eigenvalue weighted by Crippen LogP contribution is -2.54. The first-order valence-electron chi connectivity index (χ1n) is 14.0. The van der Waals surface area contributed by atoms with E-state index in [2.05, 4.69) is 46.7 Å². The van der Waals surface area contributed by atoms with Gasteiger partial charge >= 0.3 is 6.09 Å². The van der Waals surface area contributed by atoms with Crippen molar-refractivity contribution in [1.29, 1.82) is 0 Å². The Hall–Kier alpha value is -4.20. The lowest BCUT2D eigenvalue weighted by molar-refractivity contribution is -0.139. The zero-order chi connectivity index (χ0) is 28.0. The molecule has 2 amide bonds. The van der Waals surface area contributed by atoms with Crippen LogP contribution in [-0.4, -0.2) is 51.8 Å². The molecule has 3 aliphatic rings. The maximum Gasteiger partial charge on any atom is 0.407 e. The van der Waals surface area contributed by atoms with Crippen molar-refractivity contribution in [2.24, 2.45) is 11.8 Å². The molecular weight excluding hydrogens is 504 g/mol. The summed E-state index contributed by atoms with van der Waals surface area (Å²) in [6, 6.07) is 13.9. The fourth-order valence-corrected chi connectivity index (χ4v) is 6.51. The Morgan fingerprint density at radius 3 is 2.55 bits per heavy atom. The molecule has 2 aliphatic carbocycles. The van der Waals surface area contributed by atoms with Gasteiger partial charge in [0.15, 0.2) is 5.78 Å². The Labute approximate surface area is 233 Å². The third-order valence-electron chi connectivity index (χ3n) is 8.60. The SMILES string of the molecule is COC(=O)N[C@H](C(=O)N1[C@@H]2CC[C@@H](C2)[C@H]1c1ncc(-c2ccc(-c3ccc4c(c3)C=CC(=O)C4)cc2)[nH]1)C(C)C. The van der Waals surface area contributed by atoms with Crippen LogP contribution in [0.5, 0.6) is 0 Å². The Balaban J connectivity index is 1.23. The molecule has 8 nitrogen and oxygen atoms in total. The van der Waals surface area contributed by atoms with E-state index in [1.165, 1.54) is 7.11 Å². The van der Waals surface area contributed by atoms with Gasteiger partial charge in [-0.3, -0.25) is 9.59 Å². The number of ketones is 1. The summed E-state index contributed by atoms with van der Waals surface area (Å²) in [5.74, 6) is 1.11.